The van der Waals surface area contributed by atoms with Gasteiger partial charge in [-0.15, -0.1) is 0 Å². The Labute approximate surface area is 75.8 Å². The van der Waals surface area contributed by atoms with E-state index in [1.807, 2.05) is 0 Å². The minimum absolute atomic E-state index is 0.189. The molecule has 0 aromatic carbocycles. The zero-order valence-corrected chi connectivity index (χ0v) is 7.82. The predicted octanol–water partition coefficient (Wildman–Crippen LogP) is 0.242. The van der Waals surface area contributed by atoms with Crippen LogP contribution < -0.4 is 5.32 Å². The van der Waals surface area contributed by atoms with Crippen molar-refractivity contribution >= 4 is 22.9 Å². The molecule has 0 saturated heterocycles. The molecule has 0 amide bonds. The van der Waals surface area contributed by atoms with E-state index >= 15 is 0 Å². The van der Waals surface area contributed by atoms with Crippen molar-refractivity contribution in [3.8, 4) is 0 Å². The lowest BCUT2D eigenvalue weighted by Crippen LogP contribution is -2.22. The molecule has 4 nitrogen and oxygen atoms in total. The highest BCUT2D eigenvalue weighted by molar-refractivity contribution is 8.14. The SMILES string of the molecule is COC(=O)CCNC1=NCCS1. The first-order valence-corrected chi connectivity index (χ1v) is 4.79. The van der Waals surface area contributed by atoms with Gasteiger partial charge in [0, 0.05) is 12.3 Å². The molecule has 12 heavy (non-hydrogen) atoms. The second-order valence-electron chi connectivity index (χ2n) is 2.29. The monoisotopic (exact) mass is 188 g/mol. The van der Waals surface area contributed by atoms with E-state index in [1.54, 1.807) is 11.8 Å². The maximum Gasteiger partial charge on any atom is 0.307 e. The van der Waals surface area contributed by atoms with Crippen LogP contribution in [0.4, 0.5) is 0 Å². The molecule has 1 aliphatic rings. The predicted molar refractivity (Wildman–Crippen MR) is 49.4 cm³/mol. The molecule has 0 bridgehead atoms. The topological polar surface area (TPSA) is 50.7 Å². The van der Waals surface area contributed by atoms with Crippen LogP contribution in [-0.4, -0.2) is 37.1 Å². The Balaban J connectivity index is 2.05. The van der Waals surface area contributed by atoms with Gasteiger partial charge in [0.1, 0.15) is 0 Å². The van der Waals surface area contributed by atoms with E-state index in [1.165, 1.54) is 7.11 Å². The number of rotatable bonds is 3. The lowest BCUT2D eigenvalue weighted by molar-refractivity contribution is -0.140. The average molecular weight is 188 g/mol. The summed E-state index contributed by atoms with van der Waals surface area (Å²) in [6, 6.07) is 0. The number of nitrogens with zero attached hydrogens (tertiary/aromatic N) is 1. The maximum atomic E-state index is 10.7. The number of esters is 1. The van der Waals surface area contributed by atoms with E-state index < -0.39 is 0 Å². The number of hydrogen-bond acceptors (Lipinski definition) is 5. The van der Waals surface area contributed by atoms with Crippen molar-refractivity contribution < 1.29 is 9.53 Å². The van der Waals surface area contributed by atoms with E-state index in [0.717, 1.165) is 17.5 Å². The summed E-state index contributed by atoms with van der Waals surface area (Å²) in [5.74, 6) is 0.853. The number of methoxy groups -OCH3 is 1. The van der Waals surface area contributed by atoms with Gasteiger partial charge in [-0.05, 0) is 0 Å². The lowest BCUT2D eigenvalue weighted by atomic mass is 10.4. The van der Waals surface area contributed by atoms with Crippen LogP contribution in [-0.2, 0) is 9.53 Å². The van der Waals surface area contributed by atoms with Crippen LogP contribution in [0.2, 0.25) is 0 Å². The Kier molecular flexibility index (Phi) is 3.93. The number of nitrogens with one attached hydrogen (secondary N) is 1. The van der Waals surface area contributed by atoms with Crippen LogP contribution in [0, 0.1) is 0 Å². The van der Waals surface area contributed by atoms with Gasteiger partial charge in [0.2, 0.25) is 0 Å². The third-order valence-corrected chi connectivity index (χ3v) is 2.35. The van der Waals surface area contributed by atoms with E-state index in [0.29, 0.717) is 13.0 Å². The lowest BCUT2D eigenvalue weighted by Gasteiger charge is -2.02. The van der Waals surface area contributed by atoms with E-state index in [2.05, 4.69) is 15.0 Å². The molecule has 0 aromatic heterocycles. The van der Waals surface area contributed by atoms with Gasteiger partial charge in [-0.25, -0.2) is 0 Å². The Morgan fingerprint density at radius 3 is 3.25 bits per heavy atom. The van der Waals surface area contributed by atoms with Gasteiger partial charge < -0.3 is 10.1 Å². The summed E-state index contributed by atoms with van der Waals surface area (Å²) in [6.45, 7) is 1.49. The van der Waals surface area contributed by atoms with Gasteiger partial charge >= 0.3 is 5.97 Å². The number of aliphatic imine (C=N–C) groups is 1. The molecule has 1 aliphatic heterocycles. The summed E-state index contributed by atoms with van der Waals surface area (Å²) >= 11 is 1.69. The van der Waals surface area contributed by atoms with Crippen LogP contribution in [0.1, 0.15) is 6.42 Å². The van der Waals surface area contributed by atoms with Crippen LogP contribution >= 0.6 is 11.8 Å². The zero-order valence-electron chi connectivity index (χ0n) is 7.00. The number of thioether (sulfide) groups is 1. The van der Waals surface area contributed by atoms with Crippen molar-refractivity contribution in [2.24, 2.45) is 4.99 Å². The summed E-state index contributed by atoms with van der Waals surface area (Å²) in [7, 11) is 1.39. The first-order chi connectivity index (χ1) is 5.83. The molecule has 0 spiro atoms. The van der Waals surface area contributed by atoms with Crippen LogP contribution in [0.5, 0.6) is 0 Å². The molecule has 0 radical (unpaired) electrons. The van der Waals surface area contributed by atoms with E-state index in [-0.39, 0.29) is 5.97 Å². The molecular weight excluding hydrogens is 176 g/mol. The molecule has 1 rings (SSSR count). The first kappa shape index (κ1) is 9.38. The highest BCUT2D eigenvalue weighted by Crippen LogP contribution is 2.08. The van der Waals surface area contributed by atoms with E-state index in [9.17, 15) is 4.79 Å². The average Bonchev–Trinajstić information content (AvgIpc) is 2.57. The third-order valence-electron chi connectivity index (χ3n) is 1.42. The normalized spacial score (nSPS) is 15.6. The minimum Gasteiger partial charge on any atom is -0.469 e. The molecule has 0 fully saturated rings. The first-order valence-electron chi connectivity index (χ1n) is 3.81. The standard InChI is InChI=1S/C7H12N2O2S/c1-11-6(10)2-3-8-7-9-4-5-12-7/h2-5H2,1H3,(H,8,9). The van der Waals surface area contributed by atoms with Gasteiger partial charge in [-0.2, -0.15) is 0 Å². The molecule has 0 atom stereocenters. The Hall–Kier alpha value is -0.710. The number of amidine groups is 1. The summed E-state index contributed by atoms with van der Waals surface area (Å²) in [5.41, 5.74) is 0. The number of carbonyl (C=O) groups excluding carboxylic acids is 1. The van der Waals surface area contributed by atoms with Crippen molar-refractivity contribution in [2.45, 2.75) is 6.42 Å². The summed E-state index contributed by atoms with van der Waals surface area (Å²) in [6.07, 6.45) is 0.399. The van der Waals surface area contributed by atoms with E-state index in [4.69, 9.17) is 0 Å². The van der Waals surface area contributed by atoms with Crippen molar-refractivity contribution in [1.82, 2.24) is 5.32 Å². The summed E-state index contributed by atoms with van der Waals surface area (Å²) < 4.78 is 4.49. The van der Waals surface area contributed by atoms with Gasteiger partial charge in [0.25, 0.3) is 0 Å². The highest BCUT2D eigenvalue weighted by Gasteiger charge is 2.06. The van der Waals surface area contributed by atoms with Gasteiger partial charge in [0.15, 0.2) is 5.17 Å². The molecule has 0 saturated carbocycles. The molecule has 0 unspecified atom stereocenters. The fraction of sp³-hybridized carbons (Fsp3) is 0.714. The largest absolute Gasteiger partial charge is 0.469 e. The van der Waals surface area contributed by atoms with Crippen LogP contribution in [0.15, 0.2) is 4.99 Å². The third kappa shape index (κ3) is 3.13. The quantitative estimate of drug-likeness (QED) is 0.645. The smallest absolute Gasteiger partial charge is 0.307 e. The van der Waals surface area contributed by atoms with Gasteiger partial charge in [-0.1, -0.05) is 11.8 Å². The second kappa shape index (κ2) is 5.03. The minimum atomic E-state index is -0.189. The Bertz CT molecular complexity index is 194. The summed E-state index contributed by atoms with van der Waals surface area (Å²) in [5, 5.41) is 4.00. The van der Waals surface area contributed by atoms with Gasteiger partial charge in [-0.3, -0.25) is 9.79 Å². The summed E-state index contributed by atoms with van der Waals surface area (Å²) in [4.78, 5) is 14.9. The molecule has 1 N–H and O–H groups in total. The van der Waals surface area contributed by atoms with Gasteiger partial charge in [0.05, 0.1) is 20.1 Å². The number of hydrogen-bond donors (Lipinski definition) is 1. The van der Waals surface area contributed by atoms with Crippen LogP contribution in [0.25, 0.3) is 0 Å². The molecule has 0 aromatic rings. The van der Waals surface area contributed by atoms with Crippen molar-refractivity contribution in [3.63, 3.8) is 0 Å². The highest BCUT2D eigenvalue weighted by atomic mass is 32.2. The molecular formula is C7H12N2O2S. The molecule has 68 valence electrons. The maximum absolute atomic E-state index is 10.7. The van der Waals surface area contributed by atoms with Crippen molar-refractivity contribution in [1.29, 1.82) is 0 Å². The van der Waals surface area contributed by atoms with Crippen molar-refractivity contribution in [3.05, 3.63) is 0 Å². The zero-order chi connectivity index (χ0) is 8.81. The molecule has 0 aliphatic carbocycles. The van der Waals surface area contributed by atoms with Crippen molar-refractivity contribution in [2.75, 3.05) is 26.0 Å². The Morgan fingerprint density at radius 2 is 2.67 bits per heavy atom. The Morgan fingerprint density at radius 1 is 1.83 bits per heavy atom. The fourth-order valence-corrected chi connectivity index (χ4v) is 1.58. The second-order valence-corrected chi connectivity index (χ2v) is 3.37. The number of ether oxygens (including phenoxy) is 1. The number of carbonyl (C=O) groups is 1. The molecule has 1 heterocycles. The van der Waals surface area contributed by atoms with Crippen LogP contribution in [0.3, 0.4) is 0 Å². The molecule has 5 heteroatoms. The fourth-order valence-electron chi connectivity index (χ4n) is 0.816.